The van der Waals surface area contributed by atoms with Gasteiger partial charge in [-0.1, -0.05) is 13.8 Å². The highest BCUT2D eigenvalue weighted by atomic mass is 19.1. The van der Waals surface area contributed by atoms with Crippen LogP contribution in [0, 0.1) is 30.0 Å². The number of oxazole rings is 1. The lowest BCUT2D eigenvalue weighted by atomic mass is 9.75. The first-order valence-corrected chi connectivity index (χ1v) is 12.4. The van der Waals surface area contributed by atoms with Crippen LogP contribution in [0.25, 0.3) is 0 Å². The van der Waals surface area contributed by atoms with Crippen LogP contribution >= 0.6 is 0 Å². The zero-order valence-corrected chi connectivity index (χ0v) is 19.9. The molecule has 0 spiro atoms. The van der Waals surface area contributed by atoms with Crippen LogP contribution < -0.4 is 15.0 Å². The summed E-state index contributed by atoms with van der Waals surface area (Å²) in [6.07, 6.45) is 5.98. The van der Waals surface area contributed by atoms with Gasteiger partial charge in [-0.2, -0.15) is 4.98 Å². The number of anilines is 2. The van der Waals surface area contributed by atoms with E-state index >= 15 is 0 Å². The lowest BCUT2D eigenvalue weighted by Gasteiger charge is -2.49. The van der Waals surface area contributed by atoms with Crippen LogP contribution in [-0.4, -0.2) is 30.9 Å². The van der Waals surface area contributed by atoms with Gasteiger partial charge in [0.25, 0.3) is 6.01 Å². The molecule has 2 aromatic rings. The van der Waals surface area contributed by atoms with Crippen molar-refractivity contribution in [3.63, 3.8) is 0 Å². The summed E-state index contributed by atoms with van der Waals surface area (Å²) in [5, 5.41) is 3.24. The van der Waals surface area contributed by atoms with Crippen molar-refractivity contribution < 1.29 is 17.9 Å². The van der Waals surface area contributed by atoms with Crippen LogP contribution in [0.4, 0.5) is 20.5 Å². The summed E-state index contributed by atoms with van der Waals surface area (Å²) in [4.78, 5) is 6.78. The van der Waals surface area contributed by atoms with Crippen molar-refractivity contribution in [3.8, 4) is 5.75 Å². The Morgan fingerprint density at radius 2 is 1.91 bits per heavy atom. The highest BCUT2D eigenvalue weighted by Gasteiger charge is 2.47. The average Bonchev–Trinajstić information content (AvgIpc) is 3.18. The van der Waals surface area contributed by atoms with Gasteiger partial charge < -0.3 is 19.4 Å². The number of halogens is 2. The first kappa shape index (κ1) is 22.5. The second-order valence-corrected chi connectivity index (χ2v) is 10.3. The fourth-order valence-electron chi connectivity index (χ4n) is 5.61. The fourth-order valence-corrected chi connectivity index (χ4v) is 5.61. The third-order valence-corrected chi connectivity index (χ3v) is 8.09. The SMILES string of the molecule is CCC1(CC)CN(c2nc(CNc3cc(C)c(O[C@@H]4C[C@@H]5C[C@@H]5C4)c(F)c3)c(CCF)o2)C1. The number of rotatable bonds is 10. The molecule has 1 saturated heterocycles. The predicted molar refractivity (Wildman–Crippen MR) is 125 cm³/mol. The Morgan fingerprint density at radius 1 is 1.18 bits per heavy atom. The van der Waals surface area contributed by atoms with Crippen molar-refractivity contribution in [2.45, 2.75) is 71.9 Å². The molecule has 1 aromatic heterocycles. The fraction of sp³-hybridized carbons (Fsp3) is 0.654. The number of nitrogens with zero attached hydrogens (tertiary/aromatic N) is 2. The van der Waals surface area contributed by atoms with Gasteiger partial charge in [-0.25, -0.2) is 4.39 Å². The third-order valence-electron chi connectivity index (χ3n) is 8.09. The molecule has 33 heavy (non-hydrogen) atoms. The molecule has 0 amide bonds. The molecule has 5 nitrogen and oxygen atoms in total. The van der Waals surface area contributed by atoms with Crippen LogP contribution in [0.5, 0.6) is 5.75 Å². The summed E-state index contributed by atoms with van der Waals surface area (Å²) < 4.78 is 39.9. The molecular formula is C26H35F2N3O2. The van der Waals surface area contributed by atoms with E-state index in [1.165, 1.54) is 12.5 Å². The molecule has 0 bridgehead atoms. The molecule has 2 saturated carbocycles. The predicted octanol–water partition coefficient (Wildman–Crippen LogP) is 6.05. The number of aryl methyl sites for hydroxylation is 2. The minimum absolute atomic E-state index is 0.137. The van der Waals surface area contributed by atoms with E-state index in [-0.39, 0.29) is 18.3 Å². The number of hydrogen-bond donors (Lipinski definition) is 1. The van der Waals surface area contributed by atoms with Crippen LogP contribution in [-0.2, 0) is 13.0 Å². The van der Waals surface area contributed by atoms with Gasteiger partial charge in [-0.3, -0.25) is 4.39 Å². The van der Waals surface area contributed by atoms with Gasteiger partial charge in [0.05, 0.1) is 19.3 Å². The van der Waals surface area contributed by atoms with E-state index in [1.807, 2.05) is 13.0 Å². The Balaban J connectivity index is 1.24. The Bertz CT molecular complexity index is 962. The lowest BCUT2D eigenvalue weighted by Crippen LogP contribution is -2.56. The van der Waals surface area contributed by atoms with Gasteiger partial charge in [0, 0.05) is 36.7 Å². The molecule has 2 heterocycles. The zero-order chi connectivity index (χ0) is 23.2. The van der Waals surface area contributed by atoms with Gasteiger partial charge in [0.1, 0.15) is 11.5 Å². The minimum atomic E-state index is -0.502. The number of fused-ring (bicyclic) bond motifs is 1. The Labute approximate surface area is 194 Å². The number of hydrogen-bond acceptors (Lipinski definition) is 5. The second-order valence-electron chi connectivity index (χ2n) is 10.3. The number of nitrogens with one attached hydrogen (secondary N) is 1. The van der Waals surface area contributed by atoms with E-state index in [4.69, 9.17) is 9.15 Å². The van der Waals surface area contributed by atoms with Crippen molar-refractivity contribution in [2.24, 2.45) is 17.3 Å². The first-order chi connectivity index (χ1) is 15.9. The summed E-state index contributed by atoms with van der Waals surface area (Å²) in [5.41, 5.74) is 2.43. The summed E-state index contributed by atoms with van der Waals surface area (Å²) in [6.45, 7) is 7.98. The molecule has 1 aromatic carbocycles. The Morgan fingerprint density at radius 3 is 2.55 bits per heavy atom. The normalized spacial score (nSPS) is 25.0. The first-order valence-electron chi connectivity index (χ1n) is 12.4. The van der Waals surface area contributed by atoms with E-state index in [1.54, 1.807) is 0 Å². The van der Waals surface area contributed by atoms with Crippen molar-refractivity contribution >= 4 is 11.7 Å². The van der Waals surface area contributed by atoms with Gasteiger partial charge in [-0.15, -0.1) is 0 Å². The second kappa shape index (κ2) is 8.80. The molecule has 1 N–H and O–H groups in total. The molecule has 0 unspecified atom stereocenters. The quantitative estimate of drug-likeness (QED) is 0.469. The molecule has 3 aliphatic rings. The zero-order valence-electron chi connectivity index (χ0n) is 19.9. The molecular weight excluding hydrogens is 424 g/mol. The number of benzene rings is 1. The topological polar surface area (TPSA) is 50.5 Å². The van der Waals surface area contributed by atoms with Crippen molar-refractivity contribution in [1.82, 2.24) is 4.98 Å². The van der Waals surface area contributed by atoms with Crippen molar-refractivity contribution in [1.29, 1.82) is 0 Å². The van der Waals surface area contributed by atoms with Crippen LogP contribution in [0.3, 0.4) is 0 Å². The van der Waals surface area contributed by atoms with Crippen LogP contribution in [0.2, 0.25) is 0 Å². The highest BCUT2D eigenvalue weighted by Crippen LogP contribution is 2.52. The van der Waals surface area contributed by atoms with E-state index in [0.29, 0.717) is 40.9 Å². The van der Waals surface area contributed by atoms with E-state index in [9.17, 15) is 8.78 Å². The van der Waals surface area contributed by atoms with E-state index in [0.717, 1.165) is 56.2 Å². The summed E-state index contributed by atoms with van der Waals surface area (Å²) in [7, 11) is 0. The van der Waals surface area contributed by atoms with Gasteiger partial charge in [0.2, 0.25) is 0 Å². The maximum absolute atomic E-state index is 14.8. The van der Waals surface area contributed by atoms with Crippen molar-refractivity contribution in [2.75, 3.05) is 30.0 Å². The van der Waals surface area contributed by atoms with Crippen LogP contribution in [0.1, 0.15) is 63.0 Å². The maximum Gasteiger partial charge on any atom is 0.297 e. The number of alkyl halides is 1. The summed E-state index contributed by atoms with van der Waals surface area (Å²) >= 11 is 0. The molecule has 2 aliphatic carbocycles. The number of aromatic nitrogens is 1. The smallest absolute Gasteiger partial charge is 0.297 e. The summed E-state index contributed by atoms with van der Waals surface area (Å²) in [6, 6.07) is 3.93. The van der Waals surface area contributed by atoms with Crippen molar-refractivity contribution in [3.05, 3.63) is 35.0 Å². The number of ether oxygens (including phenoxy) is 1. The maximum atomic E-state index is 14.8. The Hall–Kier alpha value is -2.31. The molecule has 1 aliphatic heterocycles. The highest BCUT2D eigenvalue weighted by molar-refractivity contribution is 5.52. The van der Waals surface area contributed by atoms with Crippen LogP contribution in [0.15, 0.2) is 16.5 Å². The molecule has 3 fully saturated rings. The molecule has 7 heteroatoms. The standard InChI is InChI=1S/C26H35F2N3O2/c1-4-26(5-2)14-31(15-26)25-30-22(23(33-25)6-7-27)13-29-19-8-16(3)24(21(28)12-19)32-20-10-17-9-18(17)11-20/h8,12,17-18,20,29H,4-7,9-11,13-15H2,1-3H3/t17-,18+,20+. The van der Waals surface area contributed by atoms with E-state index in [2.05, 4.69) is 29.0 Å². The minimum Gasteiger partial charge on any atom is -0.487 e. The third kappa shape index (κ3) is 4.43. The average molecular weight is 460 g/mol. The Kier molecular flexibility index (Phi) is 6.00. The van der Waals surface area contributed by atoms with Gasteiger partial charge in [-0.05, 0) is 62.5 Å². The molecule has 3 atom stereocenters. The summed E-state index contributed by atoms with van der Waals surface area (Å²) in [5.74, 6) is 2.16. The molecule has 5 rings (SSSR count). The van der Waals surface area contributed by atoms with E-state index < -0.39 is 6.67 Å². The molecule has 180 valence electrons. The largest absolute Gasteiger partial charge is 0.487 e. The van der Waals surface area contributed by atoms with Gasteiger partial charge >= 0.3 is 0 Å². The molecule has 0 radical (unpaired) electrons. The van der Waals surface area contributed by atoms with Gasteiger partial charge in [0.15, 0.2) is 11.6 Å². The monoisotopic (exact) mass is 459 g/mol. The lowest BCUT2D eigenvalue weighted by molar-refractivity contribution is 0.184.